The monoisotopic (exact) mass is 223 g/mol. The Morgan fingerprint density at radius 2 is 2.06 bits per heavy atom. The van der Waals surface area contributed by atoms with Crippen LogP contribution in [0.2, 0.25) is 0 Å². The molecule has 0 bridgehead atoms. The molecule has 1 rings (SSSR count). The van der Waals surface area contributed by atoms with E-state index in [1.54, 1.807) is 13.0 Å². The molecule has 0 heterocycles. The second-order valence-electron chi connectivity index (χ2n) is 3.90. The summed E-state index contributed by atoms with van der Waals surface area (Å²) in [6, 6.07) is 7.34. The molecule has 0 radical (unpaired) electrons. The molecule has 1 atom stereocenters. The fraction of sp³-hybridized carbons (Fsp3) is 0.417. The molecule has 0 saturated heterocycles. The summed E-state index contributed by atoms with van der Waals surface area (Å²) in [6.07, 6.45) is 0. The number of aliphatic hydroxyl groups is 1. The zero-order valence-corrected chi connectivity index (χ0v) is 9.53. The van der Waals surface area contributed by atoms with E-state index in [1.165, 1.54) is 0 Å². The molecule has 88 valence electrons. The van der Waals surface area contributed by atoms with Crippen molar-refractivity contribution >= 4 is 5.97 Å². The lowest BCUT2D eigenvalue weighted by Gasteiger charge is -2.28. The number of benzene rings is 1. The minimum atomic E-state index is -1.16. The summed E-state index contributed by atoms with van der Waals surface area (Å²) in [4.78, 5) is 11.3. The van der Waals surface area contributed by atoms with Gasteiger partial charge in [-0.15, -0.1) is 0 Å². The second kappa shape index (κ2) is 5.09. The van der Waals surface area contributed by atoms with Crippen molar-refractivity contribution in [3.05, 3.63) is 35.4 Å². The highest BCUT2D eigenvalue weighted by Crippen LogP contribution is 2.24. The number of nitrogens with one attached hydrogen (secondary N) is 1. The number of carboxylic acid groups (broad SMARTS) is 1. The Labute approximate surface area is 94.9 Å². The van der Waals surface area contributed by atoms with Crippen LogP contribution in [0, 0.1) is 6.92 Å². The lowest BCUT2D eigenvalue weighted by Crippen LogP contribution is -2.48. The summed E-state index contributed by atoms with van der Waals surface area (Å²) in [6.45, 7) is 3.64. The molecule has 3 N–H and O–H groups in total. The minimum absolute atomic E-state index is 0.0885. The fourth-order valence-corrected chi connectivity index (χ4v) is 1.73. The van der Waals surface area contributed by atoms with Gasteiger partial charge in [-0.2, -0.15) is 0 Å². The maximum atomic E-state index is 11.3. The highest BCUT2D eigenvalue weighted by atomic mass is 16.4. The van der Waals surface area contributed by atoms with E-state index in [2.05, 4.69) is 5.32 Å². The lowest BCUT2D eigenvalue weighted by atomic mass is 9.88. The van der Waals surface area contributed by atoms with Gasteiger partial charge in [0.2, 0.25) is 0 Å². The SMILES string of the molecule is Cc1ccccc1C(C)(NCCO)C(=O)O. The van der Waals surface area contributed by atoms with Crippen LogP contribution in [0.25, 0.3) is 0 Å². The van der Waals surface area contributed by atoms with Gasteiger partial charge in [-0.05, 0) is 25.0 Å². The van der Waals surface area contributed by atoms with Crippen LogP contribution in [0.1, 0.15) is 18.1 Å². The van der Waals surface area contributed by atoms with Crippen LogP contribution in [-0.2, 0) is 10.3 Å². The first-order valence-electron chi connectivity index (χ1n) is 5.17. The number of aliphatic hydroxyl groups excluding tert-OH is 1. The zero-order chi connectivity index (χ0) is 12.2. The van der Waals surface area contributed by atoms with E-state index >= 15 is 0 Å². The number of carboxylic acids is 1. The van der Waals surface area contributed by atoms with E-state index in [0.29, 0.717) is 0 Å². The van der Waals surface area contributed by atoms with Crippen LogP contribution in [0.5, 0.6) is 0 Å². The Hall–Kier alpha value is -1.39. The maximum Gasteiger partial charge on any atom is 0.328 e. The number of aryl methyl sites for hydroxylation is 1. The molecule has 1 aromatic rings. The first-order chi connectivity index (χ1) is 7.52. The van der Waals surface area contributed by atoms with E-state index in [4.69, 9.17) is 5.11 Å². The lowest BCUT2D eigenvalue weighted by molar-refractivity contribution is -0.144. The van der Waals surface area contributed by atoms with Crippen LogP contribution >= 0.6 is 0 Å². The van der Waals surface area contributed by atoms with Crippen molar-refractivity contribution in [1.29, 1.82) is 0 Å². The largest absolute Gasteiger partial charge is 0.480 e. The van der Waals surface area contributed by atoms with E-state index < -0.39 is 11.5 Å². The number of carbonyl (C=O) groups is 1. The first-order valence-corrected chi connectivity index (χ1v) is 5.17. The summed E-state index contributed by atoms with van der Waals surface area (Å²) < 4.78 is 0. The highest BCUT2D eigenvalue weighted by Gasteiger charge is 2.35. The fourth-order valence-electron chi connectivity index (χ4n) is 1.73. The Morgan fingerprint density at radius 1 is 1.44 bits per heavy atom. The molecular weight excluding hydrogens is 206 g/mol. The van der Waals surface area contributed by atoms with E-state index in [1.807, 2.05) is 25.1 Å². The van der Waals surface area contributed by atoms with E-state index in [9.17, 15) is 9.90 Å². The van der Waals surface area contributed by atoms with Gasteiger partial charge in [0.15, 0.2) is 0 Å². The molecule has 4 heteroatoms. The number of hydrogen-bond acceptors (Lipinski definition) is 3. The quantitative estimate of drug-likeness (QED) is 0.693. The van der Waals surface area contributed by atoms with Crippen molar-refractivity contribution in [2.24, 2.45) is 0 Å². The van der Waals surface area contributed by atoms with Crippen LogP contribution in [0.15, 0.2) is 24.3 Å². The molecule has 0 aliphatic carbocycles. The standard InChI is InChI=1S/C12H17NO3/c1-9-5-3-4-6-10(9)12(2,11(15)16)13-7-8-14/h3-6,13-14H,7-8H2,1-2H3,(H,15,16). The predicted octanol–water partition coefficient (Wildman–Crippen LogP) is 0.877. The Bertz CT molecular complexity index is 378. The minimum Gasteiger partial charge on any atom is -0.480 e. The smallest absolute Gasteiger partial charge is 0.328 e. The molecule has 0 aliphatic rings. The molecule has 0 aromatic heterocycles. The topological polar surface area (TPSA) is 69.6 Å². The van der Waals surface area contributed by atoms with Gasteiger partial charge in [0.25, 0.3) is 0 Å². The van der Waals surface area contributed by atoms with Gasteiger partial charge in [0.1, 0.15) is 5.54 Å². The van der Waals surface area contributed by atoms with Crippen molar-refractivity contribution < 1.29 is 15.0 Å². The summed E-state index contributed by atoms with van der Waals surface area (Å²) in [5.74, 6) is -0.949. The van der Waals surface area contributed by atoms with Gasteiger partial charge >= 0.3 is 5.97 Å². The van der Waals surface area contributed by atoms with E-state index in [0.717, 1.165) is 11.1 Å². The highest BCUT2D eigenvalue weighted by molar-refractivity contribution is 5.80. The van der Waals surface area contributed by atoms with Crippen molar-refractivity contribution in [2.75, 3.05) is 13.2 Å². The van der Waals surface area contributed by atoms with Gasteiger partial charge in [-0.25, -0.2) is 4.79 Å². The summed E-state index contributed by atoms with van der Waals surface area (Å²) in [5, 5.41) is 20.9. The average molecular weight is 223 g/mol. The van der Waals surface area contributed by atoms with Gasteiger partial charge in [-0.3, -0.25) is 5.32 Å². The van der Waals surface area contributed by atoms with E-state index in [-0.39, 0.29) is 13.2 Å². The zero-order valence-electron chi connectivity index (χ0n) is 9.53. The molecule has 0 spiro atoms. The summed E-state index contributed by atoms with van der Waals surface area (Å²) >= 11 is 0. The molecule has 0 saturated carbocycles. The molecule has 1 unspecified atom stereocenters. The van der Waals surface area contributed by atoms with Crippen LogP contribution in [0.4, 0.5) is 0 Å². The Morgan fingerprint density at radius 3 is 2.56 bits per heavy atom. The summed E-state index contributed by atoms with van der Waals surface area (Å²) in [7, 11) is 0. The molecule has 0 amide bonds. The van der Waals surface area contributed by atoms with Gasteiger partial charge in [-0.1, -0.05) is 24.3 Å². The number of aliphatic carboxylic acids is 1. The molecule has 16 heavy (non-hydrogen) atoms. The summed E-state index contributed by atoms with van der Waals surface area (Å²) in [5.41, 5.74) is 0.474. The molecule has 4 nitrogen and oxygen atoms in total. The third-order valence-electron chi connectivity index (χ3n) is 2.70. The molecular formula is C12H17NO3. The maximum absolute atomic E-state index is 11.3. The van der Waals surface area contributed by atoms with Gasteiger partial charge in [0.05, 0.1) is 6.61 Å². The first kappa shape index (κ1) is 12.7. The Kier molecular flexibility index (Phi) is 4.04. The molecule has 0 aliphatic heterocycles. The van der Waals surface area contributed by atoms with Crippen molar-refractivity contribution in [1.82, 2.24) is 5.32 Å². The van der Waals surface area contributed by atoms with Gasteiger partial charge in [0, 0.05) is 6.54 Å². The van der Waals surface area contributed by atoms with Crippen LogP contribution in [0.3, 0.4) is 0 Å². The van der Waals surface area contributed by atoms with Crippen LogP contribution in [-0.4, -0.2) is 29.3 Å². The third-order valence-corrected chi connectivity index (χ3v) is 2.70. The van der Waals surface area contributed by atoms with Crippen molar-refractivity contribution in [3.63, 3.8) is 0 Å². The third kappa shape index (κ3) is 2.40. The molecule has 0 fully saturated rings. The average Bonchev–Trinajstić information content (AvgIpc) is 2.26. The predicted molar refractivity (Wildman–Crippen MR) is 61.3 cm³/mol. The second-order valence-corrected chi connectivity index (χ2v) is 3.90. The Balaban J connectivity index is 3.11. The number of hydrogen-bond donors (Lipinski definition) is 3. The normalized spacial score (nSPS) is 14.4. The van der Waals surface area contributed by atoms with Gasteiger partial charge < -0.3 is 10.2 Å². The molecule has 1 aromatic carbocycles. The van der Waals surface area contributed by atoms with Crippen molar-refractivity contribution in [2.45, 2.75) is 19.4 Å². The van der Waals surface area contributed by atoms with Crippen LogP contribution < -0.4 is 5.32 Å². The van der Waals surface area contributed by atoms with Crippen molar-refractivity contribution in [3.8, 4) is 0 Å². The number of rotatable bonds is 5.